The lowest BCUT2D eigenvalue weighted by Gasteiger charge is -2.26. The number of rotatable bonds is 6. The van der Waals surface area contributed by atoms with Crippen molar-refractivity contribution in [2.75, 3.05) is 7.11 Å². The second-order valence-corrected chi connectivity index (χ2v) is 8.54. The summed E-state index contributed by atoms with van der Waals surface area (Å²) < 4.78 is 5.50. The first-order valence-electron chi connectivity index (χ1n) is 10.5. The molecule has 5 nitrogen and oxygen atoms in total. The second kappa shape index (κ2) is 8.42. The van der Waals surface area contributed by atoms with E-state index in [-0.39, 0.29) is 17.7 Å². The molecule has 2 aromatic carbocycles. The summed E-state index contributed by atoms with van der Waals surface area (Å²) in [5, 5.41) is 12.8. The van der Waals surface area contributed by atoms with Gasteiger partial charge in [0.15, 0.2) is 0 Å². The number of aryl methyl sites for hydroxylation is 1. The standard InChI is InChI=1S/C26H27NO4/c1-17-6-5-7-18(12-17)13-22-14-19(10-11-23(22)31-2)24(28)27-26(25(29)30)15-20-8-3-4-9-21(20)16-26/h3-12,14,20-21H,13,15-16H2,1-2H3,(H,27,28)(H,29,30). The lowest BCUT2D eigenvalue weighted by Crippen LogP contribution is -2.53. The Balaban J connectivity index is 1.58. The first-order valence-corrected chi connectivity index (χ1v) is 10.5. The third-order valence-corrected chi connectivity index (χ3v) is 6.33. The number of aliphatic carboxylic acids is 1. The summed E-state index contributed by atoms with van der Waals surface area (Å²) in [6, 6.07) is 13.5. The minimum atomic E-state index is -1.26. The van der Waals surface area contributed by atoms with Gasteiger partial charge in [0.1, 0.15) is 11.3 Å². The van der Waals surface area contributed by atoms with Crippen molar-refractivity contribution in [2.45, 2.75) is 31.7 Å². The van der Waals surface area contributed by atoms with Gasteiger partial charge in [0.05, 0.1) is 7.11 Å². The minimum Gasteiger partial charge on any atom is -0.496 e. The van der Waals surface area contributed by atoms with Crippen molar-refractivity contribution < 1.29 is 19.4 Å². The Hall–Kier alpha value is -3.34. The Morgan fingerprint density at radius 2 is 1.81 bits per heavy atom. The highest BCUT2D eigenvalue weighted by Crippen LogP contribution is 2.43. The van der Waals surface area contributed by atoms with E-state index in [0.29, 0.717) is 30.6 Å². The summed E-state index contributed by atoms with van der Waals surface area (Å²) in [6.07, 6.45) is 9.38. The Morgan fingerprint density at radius 1 is 1.10 bits per heavy atom. The van der Waals surface area contributed by atoms with E-state index < -0.39 is 11.5 Å². The van der Waals surface area contributed by atoms with Crippen LogP contribution in [0, 0.1) is 18.8 Å². The Morgan fingerprint density at radius 3 is 2.42 bits per heavy atom. The zero-order valence-electron chi connectivity index (χ0n) is 17.8. The molecule has 0 heterocycles. The predicted octanol–water partition coefficient (Wildman–Crippen LogP) is 4.30. The van der Waals surface area contributed by atoms with Gasteiger partial charge in [0.2, 0.25) is 0 Å². The highest BCUT2D eigenvalue weighted by molar-refractivity contribution is 5.98. The molecular weight excluding hydrogens is 390 g/mol. The van der Waals surface area contributed by atoms with Gasteiger partial charge in [-0.1, -0.05) is 54.1 Å². The van der Waals surface area contributed by atoms with E-state index in [2.05, 4.69) is 11.4 Å². The molecule has 2 unspecified atom stereocenters. The monoisotopic (exact) mass is 417 g/mol. The quantitative estimate of drug-likeness (QED) is 0.735. The maximum atomic E-state index is 13.1. The minimum absolute atomic E-state index is 0.133. The van der Waals surface area contributed by atoms with E-state index >= 15 is 0 Å². The molecule has 2 N–H and O–H groups in total. The van der Waals surface area contributed by atoms with Crippen molar-refractivity contribution in [2.24, 2.45) is 11.8 Å². The molecule has 0 spiro atoms. The van der Waals surface area contributed by atoms with Gasteiger partial charge in [0, 0.05) is 12.0 Å². The molecular formula is C26H27NO4. The van der Waals surface area contributed by atoms with Crippen molar-refractivity contribution in [3.8, 4) is 5.75 Å². The van der Waals surface area contributed by atoms with Gasteiger partial charge in [-0.05, 0) is 60.9 Å². The fourth-order valence-electron chi connectivity index (χ4n) is 4.75. The third-order valence-electron chi connectivity index (χ3n) is 6.33. The first-order chi connectivity index (χ1) is 14.9. The van der Waals surface area contributed by atoms with Crippen molar-refractivity contribution in [3.63, 3.8) is 0 Å². The number of fused-ring (bicyclic) bond motifs is 1. The zero-order chi connectivity index (χ0) is 22.0. The summed E-state index contributed by atoms with van der Waals surface area (Å²) >= 11 is 0. The molecule has 2 aromatic rings. The number of amides is 1. The van der Waals surface area contributed by atoms with Gasteiger partial charge in [-0.25, -0.2) is 4.79 Å². The molecule has 1 saturated carbocycles. The van der Waals surface area contributed by atoms with Gasteiger partial charge in [-0.2, -0.15) is 0 Å². The lowest BCUT2D eigenvalue weighted by molar-refractivity contribution is -0.144. The van der Waals surface area contributed by atoms with Crippen molar-refractivity contribution in [1.29, 1.82) is 0 Å². The maximum Gasteiger partial charge on any atom is 0.329 e. The Bertz CT molecular complexity index is 1050. The summed E-state index contributed by atoms with van der Waals surface area (Å²) in [5.41, 5.74) is 2.35. The number of nitrogens with one attached hydrogen (secondary N) is 1. The average molecular weight is 418 g/mol. The number of benzene rings is 2. The van der Waals surface area contributed by atoms with Crippen LogP contribution in [0.4, 0.5) is 0 Å². The first kappa shape index (κ1) is 20.9. The van der Waals surface area contributed by atoms with E-state index in [1.54, 1.807) is 25.3 Å². The molecule has 2 atom stereocenters. The van der Waals surface area contributed by atoms with Gasteiger partial charge in [-0.3, -0.25) is 4.79 Å². The molecule has 0 saturated heterocycles. The maximum absolute atomic E-state index is 13.1. The molecule has 31 heavy (non-hydrogen) atoms. The van der Waals surface area contributed by atoms with Crippen LogP contribution in [0.1, 0.15) is 39.9 Å². The van der Waals surface area contributed by atoms with Crippen molar-refractivity contribution >= 4 is 11.9 Å². The van der Waals surface area contributed by atoms with Gasteiger partial charge < -0.3 is 15.2 Å². The van der Waals surface area contributed by atoms with E-state index in [4.69, 9.17) is 4.74 Å². The van der Waals surface area contributed by atoms with Crippen LogP contribution in [0.5, 0.6) is 5.75 Å². The molecule has 0 bridgehead atoms. The molecule has 0 aliphatic heterocycles. The van der Waals surface area contributed by atoms with Crippen LogP contribution in [0.3, 0.4) is 0 Å². The number of methoxy groups -OCH3 is 1. The van der Waals surface area contributed by atoms with Crippen LogP contribution in [0.15, 0.2) is 66.8 Å². The summed E-state index contributed by atoms with van der Waals surface area (Å²) in [6.45, 7) is 2.04. The molecule has 2 aliphatic carbocycles. The molecule has 0 aromatic heterocycles. The van der Waals surface area contributed by atoms with E-state index in [0.717, 1.165) is 11.1 Å². The SMILES string of the molecule is COc1ccc(C(=O)NC2(C(=O)O)CC3C=CC=CC3C2)cc1Cc1cccc(C)c1. The smallest absolute Gasteiger partial charge is 0.329 e. The number of carboxylic acids is 1. The fourth-order valence-corrected chi connectivity index (χ4v) is 4.75. The van der Waals surface area contributed by atoms with E-state index in [1.165, 1.54) is 5.56 Å². The van der Waals surface area contributed by atoms with Crippen LogP contribution in [-0.4, -0.2) is 29.6 Å². The predicted molar refractivity (Wildman–Crippen MR) is 119 cm³/mol. The molecule has 0 radical (unpaired) electrons. The van der Waals surface area contributed by atoms with Crippen LogP contribution < -0.4 is 10.1 Å². The fraction of sp³-hybridized carbons (Fsp3) is 0.308. The lowest BCUT2D eigenvalue weighted by atomic mass is 9.92. The molecule has 2 aliphatic rings. The zero-order valence-corrected chi connectivity index (χ0v) is 17.8. The second-order valence-electron chi connectivity index (χ2n) is 8.54. The van der Waals surface area contributed by atoms with Crippen LogP contribution in [0.2, 0.25) is 0 Å². The molecule has 1 amide bonds. The van der Waals surface area contributed by atoms with Crippen LogP contribution in [-0.2, 0) is 11.2 Å². The number of allylic oxidation sites excluding steroid dienone is 4. The van der Waals surface area contributed by atoms with E-state index in [1.807, 2.05) is 49.4 Å². The molecule has 5 heteroatoms. The summed E-state index contributed by atoms with van der Waals surface area (Å²) in [4.78, 5) is 25.3. The molecule has 1 fully saturated rings. The van der Waals surface area contributed by atoms with Gasteiger partial charge in [-0.15, -0.1) is 0 Å². The normalized spacial score (nSPS) is 23.9. The van der Waals surface area contributed by atoms with Gasteiger partial charge in [0.25, 0.3) is 5.91 Å². The average Bonchev–Trinajstić information content (AvgIpc) is 3.13. The van der Waals surface area contributed by atoms with Crippen molar-refractivity contribution in [3.05, 3.63) is 89.0 Å². The summed E-state index contributed by atoms with van der Waals surface area (Å²) in [5.74, 6) is -0.385. The van der Waals surface area contributed by atoms with E-state index in [9.17, 15) is 14.7 Å². The number of ether oxygens (including phenoxy) is 1. The largest absolute Gasteiger partial charge is 0.496 e. The number of carboxylic acid groups (broad SMARTS) is 1. The summed E-state index contributed by atoms with van der Waals surface area (Å²) in [7, 11) is 1.61. The van der Waals surface area contributed by atoms with Crippen LogP contribution >= 0.6 is 0 Å². The number of carbonyl (C=O) groups excluding carboxylic acids is 1. The third kappa shape index (κ3) is 4.26. The topological polar surface area (TPSA) is 75.6 Å². The number of hydrogen-bond donors (Lipinski definition) is 2. The van der Waals surface area contributed by atoms with Crippen molar-refractivity contribution in [1.82, 2.24) is 5.32 Å². The Kier molecular flexibility index (Phi) is 5.68. The van der Waals surface area contributed by atoms with Gasteiger partial charge >= 0.3 is 5.97 Å². The Labute approximate surface area is 182 Å². The van der Waals surface area contributed by atoms with Crippen LogP contribution in [0.25, 0.3) is 0 Å². The number of hydrogen-bond acceptors (Lipinski definition) is 3. The highest BCUT2D eigenvalue weighted by Gasteiger charge is 2.50. The number of carbonyl (C=O) groups is 2. The molecule has 4 rings (SSSR count). The highest BCUT2D eigenvalue weighted by atomic mass is 16.5. The molecule has 160 valence electrons.